The van der Waals surface area contributed by atoms with Crippen LogP contribution in [0, 0.1) is 0 Å². The molecule has 0 bridgehead atoms. The van der Waals surface area contributed by atoms with Gasteiger partial charge in [-0.15, -0.1) is 5.10 Å². The number of hydrogen-bond donors (Lipinski definition) is 0. The Bertz CT molecular complexity index is 398. The van der Waals surface area contributed by atoms with Crippen LogP contribution >= 0.6 is 11.5 Å². The fourth-order valence-electron chi connectivity index (χ4n) is 1.49. The molecular weight excluding hydrogens is 212 g/mol. The largest absolute Gasteiger partial charge is 0.501 e. The molecule has 1 aliphatic heterocycles. The molecule has 5 heteroatoms. The second-order valence-electron chi connectivity index (χ2n) is 3.35. The van der Waals surface area contributed by atoms with Crippen LogP contribution in [0.2, 0.25) is 0 Å². The molecule has 0 atom stereocenters. The maximum atomic E-state index is 12.0. The number of carbonyl (C=O) groups is 1. The number of rotatable bonds is 3. The van der Waals surface area contributed by atoms with E-state index in [1.807, 2.05) is 6.92 Å². The molecule has 0 N–H and O–H groups in total. The van der Waals surface area contributed by atoms with E-state index in [1.165, 1.54) is 11.5 Å². The third-order valence-electron chi connectivity index (χ3n) is 2.32. The maximum Gasteiger partial charge on any atom is 0.205 e. The van der Waals surface area contributed by atoms with Crippen molar-refractivity contribution in [2.45, 2.75) is 26.2 Å². The number of ether oxygens (including phenoxy) is 1. The quantitative estimate of drug-likeness (QED) is 0.737. The van der Waals surface area contributed by atoms with Gasteiger partial charge in [-0.3, -0.25) is 4.79 Å². The highest BCUT2D eigenvalue weighted by Crippen LogP contribution is 2.21. The average Bonchev–Trinajstić information content (AvgIpc) is 2.77. The molecule has 1 aromatic rings. The Balaban J connectivity index is 2.23. The van der Waals surface area contributed by atoms with Crippen molar-refractivity contribution in [2.75, 3.05) is 6.61 Å². The van der Waals surface area contributed by atoms with Gasteiger partial charge in [-0.25, -0.2) is 0 Å². The molecule has 0 unspecified atom stereocenters. The Hall–Kier alpha value is -1.23. The van der Waals surface area contributed by atoms with E-state index >= 15 is 0 Å². The highest BCUT2D eigenvalue weighted by atomic mass is 32.1. The topological polar surface area (TPSA) is 52.1 Å². The van der Waals surface area contributed by atoms with Crippen LogP contribution in [0.1, 0.15) is 35.1 Å². The Morgan fingerprint density at radius 3 is 3.20 bits per heavy atom. The van der Waals surface area contributed by atoms with Gasteiger partial charge in [0.15, 0.2) is 0 Å². The Labute approximate surface area is 92.1 Å². The van der Waals surface area contributed by atoms with Crippen LogP contribution in [-0.4, -0.2) is 22.0 Å². The first-order valence-corrected chi connectivity index (χ1v) is 5.77. The van der Waals surface area contributed by atoms with Gasteiger partial charge < -0.3 is 4.74 Å². The minimum atomic E-state index is 0.0292. The molecule has 80 valence electrons. The van der Waals surface area contributed by atoms with Gasteiger partial charge in [0.1, 0.15) is 4.88 Å². The molecule has 0 saturated carbocycles. The zero-order valence-corrected chi connectivity index (χ0v) is 9.34. The van der Waals surface area contributed by atoms with Gasteiger partial charge in [0.25, 0.3) is 0 Å². The van der Waals surface area contributed by atoms with Crippen LogP contribution in [0.3, 0.4) is 0 Å². The van der Waals surface area contributed by atoms with E-state index in [9.17, 15) is 4.79 Å². The van der Waals surface area contributed by atoms with E-state index < -0.39 is 0 Å². The number of nitrogens with zero attached hydrogens (tertiary/aromatic N) is 2. The predicted molar refractivity (Wildman–Crippen MR) is 56.9 cm³/mol. The SMILES string of the molecule is CCc1nnsc1C(=O)C1=COCCC1. The summed E-state index contributed by atoms with van der Waals surface area (Å²) in [5.41, 5.74) is 1.53. The normalized spacial score (nSPS) is 15.7. The van der Waals surface area contributed by atoms with Crippen molar-refractivity contribution in [3.05, 3.63) is 22.4 Å². The summed E-state index contributed by atoms with van der Waals surface area (Å²) in [6, 6.07) is 0. The lowest BCUT2D eigenvalue weighted by Crippen LogP contribution is -2.09. The van der Waals surface area contributed by atoms with Crippen LogP contribution < -0.4 is 0 Å². The summed E-state index contributed by atoms with van der Waals surface area (Å²) in [6.45, 7) is 2.68. The van der Waals surface area contributed by atoms with Gasteiger partial charge in [-0.1, -0.05) is 11.4 Å². The highest BCUT2D eigenvalue weighted by Gasteiger charge is 2.20. The monoisotopic (exact) mass is 224 g/mol. The first kappa shape index (κ1) is 10.3. The lowest BCUT2D eigenvalue weighted by molar-refractivity contribution is 0.101. The molecule has 1 aliphatic rings. The fourth-order valence-corrected chi connectivity index (χ4v) is 2.22. The number of aryl methyl sites for hydroxylation is 1. The third-order valence-corrected chi connectivity index (χ3v) is 3.09. The molecule has 0 aromatic carbocycles. The molecule has 2 heterocycles. The van der Waals surface area contributed by atoms with E-state index in [1.54, 1.807) is 6.26 Å². The molecule has 0 radical (unpaired) electrons. The molecule has 0 spiro atoms. The zero-order valence-electron chi connectivity index (χ0n) is 8.52. The van der Waals surface area contributed by atoms with Crippen LogP contribution in [0.15, 0.2) is 11.8 Å². The van der Waals surface area contributed by atoms with Crippen molar-refractivity contribution in [3.8, 4) is 0 Å². The summed E-state index contributed by atoms with van der Waals surface area (Å²) in [5.74, 6) is 0.0292. The number of carbonyl (C=O) groups excluding carboxylic acids is 1. The van der Waals surface area contributed by atoms with Crippen molar-refractivity contribution in [1.29, 1.82) is 0 Å². The van der Waals surface area contributed by atoms with Crippen molar-refractivity contribution in [2.24, 2.45) is 0 Å². The number of allylic oxidation sites excluding steroid dienone is 1. The molecule has 0 amide bonds. The molecule has 0 fully saturated rings. The molecule has 1 aromatic heterocycles. The Kier molecular flexibility index (Phi) is 3.11. The lowest BCUT2D eigenvalue weighted by atomic mass is 10.0. The van der Waals surface area contributed by atoms with Crippen molar-refractivity contribution < 1.29 is 9.53 Å². The average molecular weight is 224 g/mol. The highest BCUT2D eigenvalue weighted by molar-refractivity contribution is 7.08. The standard InChI is InChI=1S/C10H12N2O2S/c1-2-8-10(15-12-11-8)9(13)7-4-3-5-14-6-7/h6H,2-5H2,1H3. The van der Waals surface area contributed by atoms with Gasteiger partial charge >= 0.3 is 0 Å². The summed E-state index contributed by atoms with van der Waals surface area (Å²) >= 11 is 1.17. The lowest BCUT2D eigenvalue weighted by Gasteiger charge is -2.11. The zero-order chi connectivity index (χ0) is 10.7. The Morgan fingerprint density at radius 1 is 1.67 bits per heavy atom. The second-order valence-corrected chi connectivity index (χ2v) is 4.10. The second kappa shape index (κ2) is 4.53. The van der Waals surface area contributed by atoms with E-state index in [0.29, 0.717) is 11.5 Å². The van der Waals surface area contributed by atoms with E-state index in [4.69, 9.17) is 4.74 Å². The van der Waals surface area contributed by atoms with Gasteiger partial charge in [-0.2, -0.15) is 0 Å². The Morgan fingerprint density at radius 2 is 2.53 bits per heavy atom. The number of aromatic nitrogens is 2. The fraction of sp³-hybridized carbons (Fsp3) is 0.500. The van der Waals surface area contributed by atoms with Crippen LogP contribution in [0.4, 0.5) is 0 Å². The van der Waals surface area contributed by atoms with Gasteiger partial charge in [0, 0.05) is 5.57 Å². The maximum absolute atomic E-state index is 12.0. The molecule has 0 saturated heterocycles. The van der Waals surface area contributed by atoms with Crippen LogP contribution in [-0.2, 0) is 11.2 Å². The minimum Gasteiger partial charge on any atom is -0.501 e. The molecular formula is C10H12N2O2S. The van der Waals surface area contributed by atoms with E-state index in [2.05, 4.69) is 9.59 Å². The van der Waals surface area contributed by atoms with E-state index in [0.717, 1.165) is 30.5 Å². The third kappa shape index (κ3) is 2.07. The minimum absolute atomic E-state index is 0.0292. The predicted octanol–water partition coefficient (Wildman–Crippen LogP) is 1.98. The molecule has 15 heavy (non-hydrogen) atoms. The summed E-state index contributed by atoms with van der Waals surface area (Å²) in [5, 5.41) is 3.93. The molecule has 4 nitrogen and oxygen atoms in total. The summed E-state index contributed by atoms with van der Waals surface area (Å²) in [4.78, 5) is 12.7. The van der Waals surface area contributed by atoms with Crippen LogP contribution in [0.25, 0.3) is 0 Å². The number of ketones is 1. The number of hydrogen-bond acceptors (Lipinski definition) is 5. The van der Waals surface area contributed by atoms with Gasteiger partial charge in [0.05, 0.1) is 18.6 Å². The molecule has 0 aliphatic carbocycles. The smallest absolute Gasteiger partial charge is 0.205 e. The first-order chi connectivity index (χ1) is 7.33. The van der Waals surface area contributed by atoms with Gasteiger partial charge in [0.2, 0.25) is 5.78 Å². The van der Waals surface area contributed by atoms with Crippen LogP contribution in [0.5, 0.6) is 0 Å². The molecule has 2 rings (SSSR count). The summed E-state index contributed by atoms with van der Waals surface area (Å²) in [7, 11) is 0. The number of Topliss-reactive ketones (excluding diaryl/α,β-unsaturated/α-hetero) is 1. The first-order valence-electron chi connectivity index (χ1n) is 4.99. The van der Waals surface area contributed by atoms with Gasteiger partial charge in [-0.05, 0) is 30.8 Å². The van der Waals surface area contributed by atoms with Crippen molar-refractivity contribution in [3.63, 3.8) is 0 Å². The van der Waals surface area contributed by atoms with E-state index in [-0.39, 0.29) is 5.78 Å². The van der Waals surface area contributed by atoms with Crippen molar-refractivity contribution >= 4 is 17.3 Å². The summed E-state index contributed by atoms with van der Waals surface area (Å²) < 4.78 is 8.97. The summed E-state index contributed by atoms with van der Waals surface area (Å²) in [6.07, 6.45) is 4.02. The van der Waals surface area contributed by atoms with Crippen molar-refractivity contribution in [1.82, 2.24) is 9.59 Å².